The van der Waals surface area contributed by atoms with E-state index in [1.54, 1.807) is 67.0 Å². The number of rotatable bonds is 6. The van der Waals surface area contributed by atoms with E-state index >= 15 is 0 Å². The molecule has 3 aromatic carbocycles. The number of halogens is 3. The average molecular weight is 475 g/mol. The zero-order valence-corrected chi connectivity index (χ0v) is 18.3. The maximum Gasteiger partial charge on any atom is 0.416 e. The molecule has 1 heterocycles. The Kier molecular flexibility index (Phi) is 6.91. The van der Waals surface area contributed by atoms with Crippen LogP contribution in [0.3, 0.4) is 0 Å². The number of carbonyl (C=O) groups is 2. The number of aromatic nitrogens is 1. The van der Waals surface area contributed by atoms with E-state index in [1.165, 1.54) is 12.1 Å². The minimum atomic E-state index is -4.44. The number of hydrogen-bond donors (Lipinski definition) is 2. The Balaban J connectivity index is 1.49. The van der Waals surface area contributed by atoms with Gasteiger partial charge in [-0.05, 0) is 59.2 Å². The van der Waals surface area contributed by atoms with E-state index in [4.69, 9.17) is 0 Å². The van der Waals surface area contributed by atoms with Crippen molar-refractivity contribution in [3.63, 3.8) is 0 Å². The van der Waals surface area contributed by atoms with E-state index in [0.717, 1.165) is 17.7 Å². The Hall–Kier alpha value is -4.46. The van der Waals surface area contributed by atoms with Gasteiger partial charge in [-0.3, -0.25) is 14.6 Å². The third-order valence-electron chi connectivity index (χ3n) is 5.25. The van der Waals surface area contributed by atoms with Crippen molar-refractivity contribution in [2.75, 3.05) is 5.32 Å². The van der Waals surface area contributed by atoms with E-state index in [2.05, 4.69) is 15.6 Å². The van der Waals surface area contributed by atoms with Crippen molar-refractivity contribution >= 4 is 17.5 Å². The molecule has 0 bridgehead atoms. The Labute approximate surface area is 199 Å². The van der Waals surface area contributed by atoms with Crippen LogP contribution < -0.4 is 10.6 Å². The van der Waals surface area contributed by atoms with Gasteiger partial charge in [0.2, 0.25) is 0 Å². The molecule has 2 amide bonds. The summed E-state index contributed by atoms with van der Waals surface area (Å²) >= 11 is 0. The second-order valence-corrected chi connectivity index (χ2v) is 7.70. The van der Waals surface area contributed by atoms with Crippen LogP contribution in [-0.4, -0.2) is 16.8 Å². The highest BCUT2D eigenvalue weighted by Gasteiger charge is 2.30. The summed E-state index contributed by atoms with van der Waals surface area (Å²) in [6, 6.07) is 21.4. The SMILES string of the molecule is O=C(NCc1cccnc1)c1cccc(NC(=O)c2ccccc2-c2ccc(C(F)(F)F)cc2)c1. The van der Waals surface area contributed by atoms with Crippen molar-refractivity contribution in [3.05, 3.63) is 120 Å². The molecule has 0 radical (unpaired) electrons. The first-order valence-electron chi connectivity index (χ1n) is 10.7. The van der Waals surface area contributed by atoms with E-state index < -0.39 is 17.6 Å². The molecule has 8 heteroatoms. The maximum atomic E-state index is 13.0. The molecule has 0 unspecified atom stereocenters. The number of anilines is 1. The van der Waals surface area contributed by atoms with Gasteiger partial charge in [-0.25, -0.2) is 0 Å². The van der Waals surface area contributed by atoms with Crippen molar-refractivity contribution < 1.29 is 22.8 Å². The van der Waals surface area contributed by atoms with Gasteiger partial charge in [0, 0.05) is 35.8 Å². The normalized spacial score (nSPS) is 11.1. The fourth-order valence-electron chi connectivity index (χ4n) is 3.50. The number of amides is 2. The van der Waals surface area contributed by atoms with Gasteiger partial charge >= 0.3 is 6.18 Å². The third kappa shape index (κ3) is 5.92. The number of nitrogens with one attached hydrogen (secondary N) is 2. The number of carbonyl (C=O) groups excluding carboxylic acids is 2. The van der Waals surface area contributed by atoms with Crippen LogP contribution in [0.15, 0.2) is 97.3 Å². The summed E-state index contributed by atoms with van der Waals surface area (Å²) in [7, 11) is 0. The molecule has 35 heavy (non-hydrogen) atoms. The molecule has 4 rings (SSSR count). The molecule has 1 aromatic heterocycles. The predicted molar refractivity (Wildman–Crippen MR) is 127 cm³/mol. The largest absolute Gasteiger partial charge is 0.416 e. The van der Waals surface area contributed by atoms with Gasteiger partial charge in [0.25, 0.3) is 11.8 Å². The Morgan fingerprint density at radius 1 is 0.829 bits per heavy atom. The van der Waals surface area contributed by atoms with Crippen LogP contribution >= 0.6 is 0 Å². The molecule has 0 saturated carbocycles. The molecule has 0 atom stereocenters. The lowest BCUT2D eigenvalue weighted by atomic mass is 9.98. The second kappa shape index (κ2) is 10.2. The molecule has 0 fully saturated rings. The molecule has 4 aromatic rings. The van der Waals surface area contributed by atoms with Gasteiger partial charge in [-0.1, -0.05) is 42.5 Å². The fourth-order valence-corrected chi connectivity index (χ4v) is 3.50. The average Bonchev–Trinajstić information content (AvgIpc) is 2.87. The molecule has 2 N–H and O–H groups in total. The van der Waals surface area contributed by atoms with E-state index in [1.807, 2.05) is 6.07 Å². The molecule has 0 aliphatic rings. The Morgan fingerprint density at radius 2 is 1.60 bits per heavy atom. The van der Waals surface area contributed by atoms with Gasteiger partial charge in [0.05, 0.1) is 5.56 Å². The lowest BCUT2D eigenvalue weighted by Crippen LogP contribution is -2.23. The Morgan fingerprint density at radius 3 is 2.31 bits per heavy atom. The first-order chi connectivity index (χ1) is 16.8. The highest BCUT2D eigenvalue weighted by molar-refractivity contribution is 6.09. The maximum absolute atomic E-state index is 13.0. The zero-order valence-electron chi connectivity index (χ0n) is 18.3. The highest BCUT2D eigenvalue weighted by Crippen LogP contribution is 2.32. The minimum absolute atomic E-state index is 0.290. The van der Waals surface area contributed by atoms with Crippen molar-refractivity contribution in [2.45, 2.75) is 12.7 Å². The lowest BCUT2D eigenvalue weighted by molar-refractivity contribution is -0.137. The highest BCUT2D eigenvalue weighted by atomic mass is 19.4. The molecule has 0 aliphatic heterocycles. The number of benzene rings is 3. The van der Waals surface area contributed by atoms with Crippen LogP contribution in [0.2, 0.25) is 0 Å². The number of pyridine rings is 1. The zero-order chi connectivity index (χ0) is 24.8. The topological polar surface area (TPSA) is 71.1 Å². The van der Waals surface area contributed by atoms with Crippen LogP contribution in [0, 0.1) is 0 Å². The van der Waals surface area contributed by atoms with Gasteiger partial charge in [0.15, 0.2) is 0 Å². The van der Waals surface area contributed by atoms with Crippen LogP contribution in [0.4, 0.5) is 18.9 Å². The standard InChI is InChI=1S/C27H20F3N3O2/c28-27(29,30)21-12-10-19(11-13-21)23-8-1-2-9-24(23)26(35)33-22-7-3-6-20(15-22)25(34)32-17-18-5-4-14-31-16-18/h1-16H,17H2,(H,32,34)(H,33,35). The molecule has 5 nitrogen and oxygen atoms in total. The second-order valence-electron chi connectivity index (χ2n) is 7.70. The van der Waals surface area contributed by atoms with Gasteiger partial charge in [0.1, 0.15) is 0 Å². The van der Waals surface area contributed by atoms with E-state index in [-0.39, 0.29) is 5.91 Å². The number of alkyl halides is 3. The monoisotopic (exact) mass is 475 g/mol. The van der Waals surface area contributed by atoms with E-state index in [9.17, 15) is 22.8 Å². The predicted octanol–water partition coefficient (Wildman–Crippen LogP) is 5.95. The summed E-state index contributed by atoms with van der Waals surface area (Å²) in [5.74, 6) is -0.761. The molecular formula is C27H20F3N3O2. The van der Waals surface area contributed by atoms with Crippen LogP contribution in [0.5, 0.6) is 0 Å². The summed E-state index contributed by atoms with van der Waals surface area (Å²) in [5.41, 5.74) is 2.12. The Bertz CT molecular complexity index is 1340. The van der Waals surface area contributed by atoms with Crippen LogP contribution in [0.1, 0.15) is 31.8 Å². The number of hydrogen-bond acceptors (Lipinski definition) is 3. The minimum Gasteiger partial charge on any atom is -0.348 e. The lowest BCUT2D eigenvalue weighted by Gasteiger charge is -2.12. The summed E-state index contributed by atoms with van der Waals surface area (Å²) in [5, 5.41) is 5.57. The van der Waals surface area contributed by atoms with Crippen molar-refractivity contribution in [2.24, 2.45) is 0 Å². The summed E-state index contributed by atoms with van der Waals surface area (Å²) < 4.78 is 38.7. The molecule has 0 saturated heterocycles. The van der Waals surface area contributed by atoms with Crippen LogP contribution in [-0.2, 0) is 12.7 Å². The quantitative estimate of drug-likeness (QED) is 0.362. The number of nitrogens with zero attached hydrogens (tertiary/aromatic N) is 1. The summed E-state index contributed by atoms with van der Waals surface area (Å²) in [6.45, 7) is 0.309. The summed E-state index contributed by atoms with van der Waals surface area (Å²) in [4.78, 5) is 29.6. The molecule has 176 valence electrons. The first kappa shape index (κ1) is 23.7. The van der Waals surface area contributed by atoms with Crippen molar-refractivity contribution in [1.82, 2.24) is 10.3 Å². The fraction of sp³-hybridized carbons (Fsp3) is 0.0741. The smallest absolute Gasteiger partial charge is 0.348 e. The summed E-state index contributed by atoms with van der Waals surface area (Å²) in [6.07, 6.45) is -1.14. The van der Waals surface area contributed by atoms with Gasteiger partial charge < -0.3 is 10.6 Å². The van der Waals surface area contributed by atoms with E-state index in [0.29, 0.717) is 34.5 Å². The third-order valence-corrected chi connectivity index (χ3v) is 5.25. The molecule has 0 aliphatic carbocycles. The molecule has 0 spiro atoms. The first-order valence-corrected chi connectivity index (χ1v) is 10.7. The molecular weight excluding hydrogens is 455 g/mol. The van der Waals surface area contributed by atoms with Crippen molar-refractivity contribution in [1.29, 1.82) is 0 Å². The van der Waals surface area contributed by atoms with Gasteiger partial charge in [-0.2, -0.15) is 13.2 Å². The van der Waals surface area contributed by atoms with Crippen LogP contribution in [0.25, 0.3) is 11.1 Å². The van der Waals surface area contributed by atoms with Crippen molar-refractivity contribution in [3.8, 4) is 11.1 Å². The van der Waals surface area contributed by atoms with Gasteiger partial charge in [-0.15, -0.1) is 0 Å².